The number of amides is 1. The van der Waals surface area contributed by atoms with Crippen LogP contribution in [0.5, 0.6) is 5.88 Å². The molecule has 6 aromatic rings. The molecule has 0 spiro atoms. The lowest BCUT2D eigenvalue weighted by Gasteiger charge is -2.10. The van der Waals surface area contributed by atoms with Crippen molar-refractivity contribution in [3.05, 3.63) is 156 Å². The van der Waals surface area contributed by atoms with Crippen LogP contribution >= 0.6 is 0 Å². The van der Waals surface area contributed by atoms with Gasteiger partial charge in [0.2, 0.25) is 5.91 Å². The third-order valence-corrected chi connectivity index (χ3v) is 8.64. The van der Waals surface area contributed by atoms with Gasteiger partial charge in [-0.1, -0.05) is 91.0 Å². The summed E-state index contributed by atoms with van der Waals surface area (Å²) < 4.78 is 28.6. The van der Waals surface area contributed by atoms with E-state index in [4.69, 9.17) is 4.99 Å². The molecule has 0 radical (unpaired) electrons. The lowest BCUT2D eigenvalue weighted by Crippen LogP contribution is -2.24. The van der Waals surface area contributed by atoms with Crippen LogP contribution in [-0.2, 0) is 27.8 Å². The van der Waals surface area contributed by atoms with Crippen molar-refractivity contribution in [2.45, 2.75) is 17.9 Å². The molecule has 1 heterocycles. The molecule has 0 atom stereocenters. The van der Waals surface area contributed by atoms with Crippen molar-refractivity contribution in [2.24, 2.45) is 4.99 Å². The highest BCUT2D eigenvalue weighted by Gasteiger charge is 2.20. The Kier molecular flexibility index (Phi) is 8.43. The average Bonchev–Trinajstić information content (AvgIpc) is 3.39. The number of benzene rings is 5. The highest BCUT2D eigenvalue weighted by Crippen LogP contribution is 2.33. The van der Waals surface area contributed by atoms with E-state index < -0.39 is 10.0 Å². The van der Waals surface area contributed by atoms with E-state index in [1.165, 1.54) is 12.1 Å². The number of aliphatic imine (C=N–C) groups is 1. The highest BCUT2D eigenvalue weighted by molar-refractivity contribution is 7.92. The van der Waals surface area contributed by atoms with Crippen LogP contribution in [0, 0.1) is 0 Å². The number of nitrogens with zero attached hydrogens (tertiary/aromatic N) is 1. The van der Waals surface area contributed by atoms with Crippen molar-refractivity contribution in [3.63, 3.8) is 0 Å². The molecule has 0 unspecified atom stereocenters. The Balaban J connectivity index is 1.30. The van der Waals surface area contributed by atoms with Crippen molar-refractivity contribution in [3.8, 4) is 5.88 Å². The molecule has 9 heteroatoms. The van der Waals surface area contributed by atoms with Gasteiger partial charge in [0.15, 0.2) is 5.88 Å². The maximum Gasteiger partial charge on any atom is 0.261 e. The zero-order valence-corrected chi connectivity index (χ0v) is 25.0. The van der Waals surface area contributed by atoms with Gasteiger partial charge in [0.1, 0.15) is 0 Å². The monoisotopic (exact) mass is 614 g/mol. The van der Waals surface area contributed by atoms with E-state index in [0.29, 0.717) is 40.1 Å². The molecule has 224 valence electrons. The fourth-order valence-corrected chi connectivity index (χ4v) is 6.09. The number of hydrogen-bond donors (Lipinski definition) is 4. The molecule has 45 heavy (non-hydrogen) atoms. The molecule has 6 rings (SSSR count). The van der Waals surface area contributed by atoms with Crippen LogP contribution in [0.15, 0.2) is 143 Å². The van der Waals surface area contributed by atoms with Gasteiger partial charge in [0.05, 0.1) is 28.3 Å². The second kappa shape index (κ2) is 12.9. The van der Waals surface area contributed by atoms with Gasteiger partial charge in [0, 0.05) is 28.7 Å². The molecule has 0 aliphatic carbocycles. The van der Waals surface area contributed by atoms with E-state index in [2.05, 4.69) is 15.0 Å². The number of carbonyl (C=O) groups is 1. The van der Waals surface area contributed by atoms with Crippen LogP contribution in [0.2, 0.25) is 0 Å². The first-order valence-corrected chi connectivity index (χ1v) is 15.8. The Morgan fingerprint density at radius 1 is 0.756 bits per heavy atom. The number of anilines is 1. The van der Waals surface area contributed by atoms with Crippen LogP contribution in [0.1, 0.15) is 22.3 Å². The van der Waals surface area contributed by atoms with Crippen LogP contribution in [-0.4, -0.2) is 30.1 Å². The van der Waals surface area contributed by atoms with Crippen LogP contribution in [0.3, 0.4) is 0 Å². The number of hydrogen-bond acceptors (Lipinski definition) is 5. The van der Waals surface area contributed by atoms with Gasteiger partial charge in [-0.25, -0.2) is 13.4 Å². The summed E-state index contributed by atoms with van der Waals surface area (Å²) in [6, 6.07) is 39.7. The van der Waals surface area contributed by atoms with Gasteiger partial charge in [-0.3, -0.25) is 9.52 Å². The fourth-order valence-electron chi connectivity index (χ4n) is 5.02. The van der Waals surface area contributed by atoms with Crippen molar-refractivity contribution in [1.29, 1.82) is 0 Å². The summed E-state index contributed by atoms with van der Waals surface area (Å²) in [6.07, 6.45) is 0.229. The van der Waals surface area contributed by atoms with E-state index in [-0.39, 0.29) is 23.1 Å². The molecule has 4 N–H and O–H groups in total. The molecule has 0 aliphatic heterocycles. The SMILES string of the molecule is O=C(Cc1ccc(N=C(c2ccccc2)c2c(O)[nH]c3ccc(NS(=O)(=O)c4ccccc4)cc23)cc1)NCc1ccccc1. The normalized spacial score (nSPS) is 11.8. The van der Waals surface area contributed by atoms with Crippen LogP contribution < -0.4 is 10.0 Å². The molecular weight excluding hydrogens is 584 g/mol. The zero-order valence-electron chi connectivity index (χ0n) is 24.1. The van der Waals surface area contributed by atoms with E-state index in [9.17, 15) is 18.3 Å². The fraction of sp³-hybridized carbons (Fsp3) is 0.0556. The third-order valence-electron chi connectivity index (χ3n) is 7.24. The van der Waals surface area contributed by atoms with Crippen LogP contribution in [0.4, 0.5) is 11.4 Å². The third kappa shape index (κ3) is 6.95. The van der Waals surface area contributed by atoms with Gasteiger partial charge in [-0.2, -0.15) is 0 Å². The summed E-state index contributed by atoms with van der Waals surface area (Å²) in [7, 11) is -3.82. The van der Waals surface area contributed by atoms with E-state index in [0.717, 1.165) is 16.7 Å². The molecule has 8 nitrogen and oxygen atoms in total. The predicted octanol–water partition coefficient (Wildman–Crippen LogP) is 6.70. The molecule has 0 aliphatic rings. The van der Waals surface area contributed by atoms with Crippen molar-refractivity contribution >= 4 is 43.9 Å². The lowest BCUT2D eigenvalue weighted by atomic mass is 10.0. The van der Waals surface area contributed by atoms with E-state index in [1.807, 2.05) is 84.9 Å². The summed E-state index contributed by atoms with van der Waals surface area (Å²) >= 11 is 0. The quantitative estimate of drug-likeness (QED) is 0.128. The second-order valence-corrected chi connectivity index (χ2v) is 12.1. The molecule has 0 fully saturated rings. The topological polar surface area (TPSA) is 124 Å². The first-order valence-electron chi connectivity index (χ1n) is 14.3. The second-order valence-electron chi connectivity index (χ2n) is 10.5. The summed E-state index contributed by atoms with van der Waals surface area (Å²) in [5, 5.41) is 14.6. The number of aromatic hydroxyl groups is 1. The summed E-state index contributed by atoms with van der Waals surface area (Å²) in [4.78, 5) is 20.6. The summed E-state index contributed by atoms with van der Waals surface area (Å²) in [6.45, 7) is 0.464. The number of fused-ring (bicyclic) bond motifs is 1. The number of rotatable bonds is 10. The van der Waals surface area contributed by atoms with Crippen molar-refractivity contribution in [1.82, 2.24) is 10.3 Å². The lowest BCUT2D eigenvalue weighted by molar-refractivity contribution is -0.120. The van der Waals surface area contributed by atoms with E-state index >= 15 is 0 Å². The first kappa shape index (κ1) is 29.4. The standard InChI is InChI=1S/C36H30N4O4S/c41-33(37-24-26-10-4-1-5-11-26)22-25-16-18-28(19-17-25)38-35(27-12-6-2-7-13-27)34-31-23-29(20-21-32(31)39-36(34)42)40-45(43,44)30-14-8-3-9-15-30/h1-21,23,39-40,42H,22,24H2,(H,37,41). The number of H-pyrrole nitrogens is 1. The number of aromatic nitrogens is 1. The number of nitrogens with one attached hydrogen (secondary N) is 3. The van der Waals surface area contributed by atoms with Gasteiger partial charge >= 0.3 is 0 Å². The number of carbonyl (C=O) groups excluding carboxylic acids is 1. The van der Waals surface area contributed by atoms with Gasteiger partial charge < -0.3 is 15.4 Å². The number of aromatic amines is 1. The van der Waals surface area contributed by atoms with Crippen LogP contribution in [0.25, 0.3) is 10.9 Å². The molecule has 1 amide bonds. The predicted molar refractivity (Wildman–Crippen MR) is 177 cm³/mol. The minimum atomic E-state index is -3.82. The van der Waals surface area contributed by atoms with Gasteiger partial charge in [-0.15, -0.1) is 0 Å². The van der Waals surface area contributed by atoms with E-state index in [1.54, 1.807) is 36.4 Å². The minimum Gasteiger partial charge on any atom is -0.494 e. The number of sulfonamides is 1. The summed E-state index contributed by atoms with van der Waals surface area (Å²) in [5.74, 6) is -0.176. The molecule has 0 bridgehead atoms. The molecule has 0 saturated carbocycles. The Morgan fingerprint density at radius 3 is 2.09 bits per heavy atom. The Hall–Kier alpha value is -5.67. The maximum atomic E-state index is 13.0. The molecule has 0 saturated heterocycles. The summed E-state index contributed by atoms with van der Waals surface area (Å²) in [5.41, 5.74) is 5.14. The van der Waals surface area contributed by atoms with Gasteiger partial charge in [0.25, 0.3) is 10.0 Å². The molecule has 1 aromatic heterocycles. The highest BCUT2D eigenvalue weighted by atomic mass is 32.2. The molecule has 5 aromatic carbocycles. The molecular formula is C36H30N4O4S. The van der Waals surface area contributed by atoms with Gasteiger partial charge in [-0.05, 0) is 53.6 Å². The zero-order chi connectivity index (χ0) is 31.2. The average molecular weight is 615 g/mol. The smallest absolute Gasteiger partial charge is 0.261 e. The Morgan fingerprint density at radius 2 is 1.40 bits per heavy atom. The largest absolute Gasteiger partial charge is 0.494 e. The van der Waals surface area contributed by atoms with Crippen molar-refractivity contribution < 1.29 is 18.3 Å². The first-order chi connectivity index (χ1) is 21.9. The van der Waals surface area contributed by atoms with Crippen molar-refractivity contribution in [2.75, 3.05) is 4.72 Å². The maximum absolute atomic E-state index is 13.0. The Bertz CT molecular complexity index is 2080. The minimum absolute atomic E-state index is 0.0810. The Labute approximate surface area is 261 Å².